The number of carbonyl (C=O) groups is 1. The molecule has 6 nitrogen and oxygen atoms in total. The molecule has 1 amide bonds. The van der Waals surface area contributed by atoms with Crippen LogP contribution in [0.5, 0.6) is 0 Å². The van der Waals surface area contributed by atoms with Gasteiger partial charge in [0.25, 0.3) is 5.91 Å². The lowest BCUT2D eigenvalue weighted by atomic mass is 10.2. The highest BCUT2D eigenvalue weighted by atomic mass is 35.5. The Kier molecular flexibility index (Phi) is 9.65. The molecule has 1 unspecified atom stereocenters. The first kappa shape index (κ1) is 20.2. The third kappa shape index (κ3) is 5.84. The molecule has 1 aromatic rings. The van der Waals surface area contributed by atoms with E-state index >= 15 is 0 Å². The first-order chi connectivity index (χ1) is 9.20. The maximum absolute atomic E-state index is 11.9. The van der Waals surface area contributed by atoms with Crippen LogP contribution < -0.4 is 11.1 Å². The molecule has 0 aromatic carbocycles. The van der Waals surface area contributed by atoms with E-state index < -0.39 is 0 Å². The highest BCUT2D eigenvalue weighted by molar-refractivity contribution is 5.93. The lowest BCUT2D eigenvalue weighted by molar-refractivity contribution is 0.0204. The molecule has 0 saturated carbocycles. The van der Waals surface area contributed by atoms with Crippen LogP contribution in [0.15, 0.2) is 16.7 Å². The van der Waals surface area contributed by atoms with Crippen LogP contribution >= 0.6 is 24.8 Å². The van der Waals surface area contributed by atoms with Crippen LogP contribution in [0.2, 0.25) is 0 Å². The number of ether oxygens (including phenoxy) is 1. The molecule has 1 aliphatic heterocycles. The monoisotopic (exact) mass is 339 g/mol. The van der Waals surface area contributed by atoms with E-state index in [9.17, 15) is 4.79 Å². The summed E-state index contributed by atoms with van der Waals surface area (Å²) in [6.45, 7) is 6.38. The van der Waals surface area contributed by atoms with Crippen molar-refractivity contribution < 1.29 is 13.9 Å². The molecule has 8 heteroatoms. The van der Waals surface area contributed by atoms with Gasteiger partial charge in [0.1, 0.15) is 12.0 Å². The molecule has 0 bridgehead atoms. The van der Waals surface area contributed by atoms with Gasteiger partial charge in [-0.3, -0.25) is 9.69 Å². The zero-order valence-corrected chi connectivity index (χ0v) is 13.7. The summed E-state index contributed by atoms with van der Waals surface area (Å²) in [7, 11) is 0. The number of hydrogen-bond donors (Lipinski definition) is 2. The van der Waals surface area contributed by atoms with E-state index in [4.69, 9.17) is 14.9 Å². The Hall–Kier alpha value is -0.790. The average molecular weight is 340 g/mol. The molecule has 1 fully saturated rings. The van der Waals surface area contributed by atoms with Crippen LogP contribution in [0, 0.1) is 0 Å². The molecule has 122 valence electrons. The molecular formula is C13H23Cl2N3O3. The lowest BCUT2D eigenvalue weighted by Crippen LogP contribution is -2.47. The summed E-state index contributed by atoms with van der Waals surface area (Å²) >= 11 is 0. The first-order valence-corrected chi connectivity index (χ1v) is 6.58. The summed E-state index contributed by atoms with van der Waals surface area (Å²) in [6.07, 6.45) is 1.44. The third-order valence-electron chi connectivity index (χ3n) is 3.34. The summed E-state index contributed by atoms with van der Waals surface area (Å²) in [5, 5.41) is 2.91. The van der Waals surface area contributed by atoms with E-state index in [2.05, 4.69) is 17.1 Å². The van der Waals surface area contributed by atoms with E-state index in [-0.39, 0.29) is 30.7 Å². The quantitative estimate of drug-likeness (QED) is 0.837. The van der Waals surface area contributed by atoms with E-state index in [1.165, 1.54) is 6.26 Å². The molecule has 0 radical (unpaired) electrons. The number of nitrogens with two attached hydrogens (primary N) is 1. The van der Waals surface area contributed by atoms with Gasteiger partial charge < -0.3 is 20.2 Å². The predicted octanol–water partition coefficient (Wildman–Crippen LogP) is 1.03. The second-order valence-electron chi connectivity index (χ2n) is 4.71. The van der Waals surface area contributed by atoms with Crippen molar-refractivity contribution >= 4 is 30.7 Å². The van der Waals surface area contributed by atoms with Gasteiger partial charge in [-0.2, -0.15) is 0 Å². The molecule has 1 aromatic heterocycles. The third-order valence-corrected chi connectivity index (χ3v) is 3.34. The molecule has 3 N–H and O–H groups in total. The van der Waals surface area contributed by atoms with Crippen molar-refractivity contribution in [3.8, 4) is 0 Å². The second kappa shape index (κ2) is 10.0. The molecular weight excluding hydrogens is 317 g/mol. The van der Waals surface area contributed by atoms with Gasteiger partial charge in [0.15, 0.2) is 0 Å². The maximum Gasteiger partial charge on any atom is 0.254 e. The summed E-state index contributed by atoms with van der Waals surface area (Å²) in [4.78, 5) is 14.2. The molecule has 2 heterocycles. The number of furan rings is 1. The van der Waals surface area contributed by atoms with Crippen LogP contribution in [0.1, 0.15) is 23.0 Å². The zero-order valence-electron chi connectivity index (χ0n) is 12.0. The minimum absolute atomic E-state index is 0. The molecule has 1 saturated heterocycles. The van der Waals surface area contributed by atoms with Crippen molar-refractivity contribution in [2.75, 3.05) is 32.8 Å². The average Bonchev–Trinajstić information content (AvgIpc) is 2.94. The van der Waals surface area contributed by atoms with E-state index in [1.807, 2.05) is 0 Å². The topological polar surface area (TPSA) is 80.7 Å². The molecule has 2 rings (SSSR count). The van der Waals surface area contributed by atoms with Gasteiger partial charge in [0, 0.05) is 25.7 Å². The zero-order chi connectivity index (χ0) is 13.7. The normalized spacial score (nSPS) is 16.5. The summed E-state index contributed by atoms with van der Waals surface area (Å²) in [6, 6.07) is 1.98. The number of hydrogen-bond acceptors (Lipinski definition) is 5. The Labute approximate surface area is 137 Å². The SMILES string of the molecule is CC(CNC(=O)c1coc(CN)c1)N1CCOCC1.Cl.Cl. The highest BCUT2D eigenvalue weighted by Crippen LogP contribution is 2.07. The van der Waals surface area contributed by atoms with Gasteiger partial charge in [-0.25, -0.2) is 0 Å². The van der Waals surface area contributed by atoms with Gasteiger partial charge in [-0.1, -0.05) is 0 Å². The number of nitrogens with one attached hydrogen (secondary N) is 1. The lowest BCUT2D eigenvalue weighted by Gasteiger charge is -2.32. The number of carbonyl (C=O) groups excluding carboxylic acids is 1. The minimum atomic E-state index is -0.122. The first-order valence-electron chi connectivity index (χ1n) is 6.58. The smallest absolute Gasteiger partial charge is 0.254 e. The van der Waals surface area contributed by atoms with Crippen molar-refractivity contribution in [1.29, 1.82) is 0 Å². The Bertz CT molecular complexity index is 423. The number of halogens is 2. The van der Waals surface area contributed by atoms with E-state index in [0.29, 0.717) is 30.5 Å². The van der Waals surface area contributed by atoms with Crippen LogP contribution in [0.25, 0.3) is 0 Å². The van der Waals surface area contributed by atoms with Crippen molar-refractivity contribution in [3.63, 3.8) is 0 Å². The molecule has 0 spiro atoms. The Morgan fingerprint density at radius 3 is 2.67 bits per heavy atom. The number of nitrogens with zero attached hydrogens (tertiary/aromatic N) is 1. The Morgan fingerprint density at radius 2 is 2.10 bits per heavy atom. The fourth-order valence-corrected chi connectivity index (χ4v) is 2.10. The summed E-state index contributed by atoms with van der Waals surface area (Å²) in [5.41, 5.74) is 5.96. The van der Waals surface area contributed by atoms with Crippen LogP contribution in [-0.2, 0) is 11.3 Å². The highest BCUT2D eigenvalue weighted by Gasteiger charge is 2.18. The van der Waals surface area contributed by atoms with E-state index in [0.717, 1.165) is 26.3 Å². The maximum atomic E-state index is 11.9. The van der Waals surface area contributed by atoms with E-state index in [1.54, 1.807) is 6.07 Å². The van der Waals surface area contributed by atoms with Crippen LogP contribution in [0.3, 0.4) is 0 Å². The predicted molar refractivity (Wildman–Crippen MR) is 85.3 cm³/mol. The Balaban J connectivity index is 0.00000200. The number of morpholine rings is 1. The molecule has 1 aliphatic rings. The minimum Gasteiger partial charge on any atom is -0.467 e. The van der Waals surface area contributed by atoms with Gasteiger partial charge >= 0.3 is 0 Å². The van der Waals surface area contributed by atoms with Gasteiger partial charge in [-0.05, 0) is 13.0 Å². The van der Waals surface area contributed by atoms with Crippen LogP contribution in [-0.4, -0.2) is 49.7 Å². The number of amides is 1. The Morgan fingerprint density at radius 1 is 1.43 bits per heavy atom. The molecule has 1 atom stereocenters. The molecule has 0 aliphatic carbocycles. The fourth-order valence-electron chi connectivity index (χ4n) is 2.10. The van der Waals surface area contributed by atoms with Gasteiger partial charge in [-0.15, -0.1) is 24.8 Å². The van der Waals surface area contributed by atoms with Crippen molar-refractivity contribution in [3.05, 3.63) is 23.7 Å². The standard InChI is InChI=1S/C13H21N3O3.2ClH/c1-10(16-2-4-18-5-3-16)8-15-13(17)11-6-12(7-14)19-9-11;;/h6,9-10H,2-5,7-8,14H2,1H3,(H,15,17);2*1H. The number of rotatable bonds is 5. The largest absolute Gasteiger partial charge is 0.467 e. The van der Waals surface area contributed by atoms with Gasteiger partial charge in [0.05, 0.1) is 25.3 Å². The van der Waals surface area contributed by atoms with Crippen molar-refractivity contribution in [1.82, 2.24) is 10.2 Å². The fraction of sp³-hybridized carbons (Fsp3) is 0.615. The molecule has 21 heavy (non-hydrogen) atoms. The van der Waals surface area contributed by atoms with Crippen LogP contribution in [0.4, 0.5) is 0 Å². The van der Waals surface area contributed by atoms with Gasteiger partial charge in [0.2, 0.25) is 0 Å². The van der Waals surface area contributed by atoms with Crippen molar-refractivity contribution in [2.24, 2.45) is 5.73 Å². The summed E-state index contributed by atoms with van der Waals surface area (Å²) < 4.78 is 10.5. The summed E-state index contributed by atoms with van der Waals surface area (Å²) in [5.74, 6) is 0.495. The van der Waals surface area contributed by atoms with Crippen molar-refractivity contribution in [2.45, 2.75) is 19.5 Å². The second-order valence-corrected chi connectivity index (χ2v) is 4.71.